The van der Waals surface area contributed by atoms with Crippen LogP contribution in [0.3, 0.4) is 0 Å². The van der Waals surface area contributed by atoms with Gasteiger partial charge in [0.25, 0.3) is 0 Å². The second-order valence-corrected chi connectivity index (χ2v) is 13.4. The van der Waals surface area contributed by atoms with Crippen molar-refractivity contribution in [2.75, 3.05) is 7.11 Å². The van der Waals surface area contributed by atoms with Gasteiger partial charge in [-0.05, 0) is 55.3 Å². The largest absolute Gasteiger partial charge is 0.469 e. The summed E-state index contributed by atoms with van der Waals surface area (Å²) in [6.45, 7) is 14.4. The molecule has 0 bridgehead atoms. The number of hydrogen-bond acceptors (Lipinski definition) is 6. The molecule has 0 heterocycles. The maximum absolute atomic E-state index is 14.1. The zero-order valence-corrected chi connectivity index (χ0v) is 23.4. The van der Waals surface area contributed by atoms with Gasteiger partial charge in [-0.3, -0.25) is 19.2 Å². The molecule has 7 atom stereocenters. The van der Waals surface area contributed by atoms with Crippen LogP contribution in [0, 0.1) is 39.4 Å². The summed E-state index contributed by atoms with van der Waals surface area (Å²) in [7, 11) is 1.41. The van der Waals surface area contributed by atoms with E-state index in [4.69, 9.17) is 9.47 Å². The Morgan fingerprint density at radius 3 is 2.28 bits per heavy atom. The molecule has 0 aliphatic heterocycles. The lowest BCUT2D eigenvalue weighted by Gasteiger charge is -2.60. The molecule has 200 valence electrons. The van der Waals surface area contributed by atoms with Crippen LogP contribution in [0.2, 0.25) is 0 Å². The molecule has 36 heavy (non-hydrogen) atoms. The number of allylic oxidation sites excluding steroid dienone is 2. The van der Waals surface area contributed by atoms with E-state index in [-0.39, 0.29) is 58.2 Å². The van der Waals surface area contributed by atoms with Gasteiger partial charge in [0.1, 0.15) is 6.10 Å². The molecular weight excluding hydrogens is 456 g/mol. The molecular formula is C30H44O6. The summed E-state index contributed by atoms with van der Waals surface area (Å²) in [4.78, 5) is 51.7. The van der Waals surface area contributed by atoms with Crippen LogP contribution in [-0.2, 0) is 28.7 Å². The molecule has 0 unspecified atom stereocenters. The Labute approximate surface area is 215 Å². The number of fused-ring (bicyclic) bond motifs is 4. The average Bonchev–Trinajstić information content (AvgIpc) is 3.06. The topological polar surface area (TPSA) is 86.7 Å². The Bertz CT molecular complexity index is 1020. The van der Waals surface area contributed by atoms with Gasteiger partial charge in [0.15, 0.2) is 11.6 Å². The predicted molar refractivity (Wildman–Crippen MR) is 136 cm³/mol. The van der Waals surface area contributed by atoms with E-state index >= 15 is 0 Å². The van der Waals surface area contributed by atoms with Crippen molar-refractivity contribution in [3.63, 3.8) is 0 Å². The van der Waals surface area contributed by atoms with Crippen LogP contribution in [-0.4, -0.2) is 36.7 Å². The molecule has 0 aromatic rings. The molecule has 6 nitrogen and oxygen atoms in total. The zero-order chi connectivity index (χ0) is 26.8. The third kappa shape index (κ3) is 3.72. The van der Waals surface area contributed by atoms with Gasteiger partial charge in [-0.1, -0.05) is 41.5 Å². The first-order valence-electron chi connectivity index (χ1n) is 13.7. The summed E-state index contributed by atoms with van der Waals surface area (Å²) in [6.07, 6.45) is 4.95. The third-order valence-corrected chi connectivity index (χ3v) is 11.3. The van der Waals surface area contributed by atoms with Crippen molar-refractivity contribution in [3.8, 4) is 0 Å². The number of hydrogen-bond donors (Lipinski definition) is 0. The lowest BCUT2D eigenvalue weighted by atomic mass is 9.42. The Kier molecular flexibility index (Phi) is 6.62. The molecule has 2 fully saturated rings. The van der Waals surface area contributed by atoms with Gasteiger partial charge in [0.05, 0.1) is 7.11 Å². The monoisotopic (exact) mass is 500 g/mol. The summed E-state index contributed by atoms with van der Waals surface area (Å²) >= 11 is 0. The maximum Gasteiger partial charge on any atom is 0.305 e. The number of Topliss-reactive ketones (excluding diaryl/α,β-unsaturated/α-hetero) is 2. The number of ether oxygens (including phenoxy) is 2. The van der Waals surface area contributed by atoms with E-state index in [0.29, 0.717) is 25.7 Å². The molecule has 0 aromatic heterocycles. The highest BCUT2D eigenvalue weighted by molar-refractivity contribution is 6.11. The zero-order valence-electron chi connectivity index (χ0n) is 23.4. The van der Waals surface area contributed by atoms with E-state index in [2.05, 4.69) is 41.5 Å². The molecule has 6 heteroatoms. The normalized spacial score (nSPS) is 40.2. The van der Waals surface area contributed by atoms with Crippen molar-refractivity contribution in [2.24, 2.45) is 39.4 Å². The number of ketones is 2. The van der Waals surface area contributed by atoms with Crippen molar-refractivity contribution in [1.29, 1.82) is 0 Å². The van der Waals surface area contributed by atoms with E-state index in [1.165, 1.54) is 14.0 Å². The van der Waals surface area contributed by atoms with Crippen LogP contribution in [0.5, 0.6) is 0 Å². The van der Waals surface area contributed by atoms with Gasteiger partial charge < -0.3 is 9.47 Å². The molecule has 0 amide bonds. The minimum atomic E-state index is -0.407. The average molecular weight is 501 g/mol. The highest BCUT2D eigenvalue weighted by Gasteiger charge is 2.67. The molecule has 2 saturated carbocycles. The van der Waals surface area contributed by atoms with Gasteiger partial charge in [-0.15, -0.1) is 0 Å². The van der Waals surface area contributed by atoms with Crippen LogP contribution in [0.15, 0.2) is 11.1 Å². The Morgan fingerprint density at radius 2 is 1.67 bits per heavy atom. The highest BCUT2D eigenvalue weighted by atomic mass is 16.5. The molecule has 0 saturated heterocycles. The molecule has 4 aliphatic rings. The Hall–Kier alpha value is -1.98. The van der Waals surface area contributed by atoms with Crippen molar-refractivity contribution in [3.05, 3.63) is 11.1 Å². The number of esters is 2. The lowest BCUT2D eigenvalue weighted by molar-refractivity contribution is -0.169. The smallest absolute Gasteiger partial charge is 0.305 e. The van der Waals surface area contributed by atoms with E-state index in [1.807, 2.05) is 0 Å². The minimum Gasteiger partial charge on any atom is -0.469 e. The summed E-state index contributed by atoms with van der Waals surface area (Å²) in [5, 5.41) is 0. The SMILES string of the molecule is COC(=O)CC[C@H](C)[C@@H]1CC[C@]2(C)C3=C(C(=O)C[C@]12C)[C@]1(C)CC[C@H](OC(C)=O)C(C)(C)[C@H]1CC3=O. The third-order valence-electron chi connectivity index (χ3n) is 11.3. The molecule has 4 aliphatic carbocycles. The van der Waals surface area contributed by atoms with E-state index in [1.54, 1.807) is 0 Å². The molecule has 0 radical (unpaired) electrons. The first-order valence-corrected chi connectivity index (χ1v) is 13.7. The summed E-state index contributed by atoms with van der Waals surface area (Å²) in [5.41, 5.74) is 0.0872. The minimum absolute atomic E-state index is 0.0533. The predicted octanol–water partition coefficient (Wildman–Crippen LogP) is 5.61. The van der Waals surface area contributed by atoms with Crippen molar-refractivity contribution >= 4 is 23.5 Å². The second-order valence-electron chi connectivity index (χ2n) is 13.4. The fourth-order valence-electron chi connectivity index (χ4n) is 9.15. The fraction of sp³-hybridized carbons (Fsp3) is 0.800. The fourth-order valence-corrected chi connectivity index (χ4v) is 9.15. The van der Waals surface area contributed by atoms with Crippen molar-refractivity contribution in [2.45, 2.75) is 106 Å². The van der Waals surface area contributed by atoms with Crippen LogP contribution in [0.25, 0.3) is 0 Å². The molecule has 0 aromatic carbocycles. The first kappa shape index (κ1) is 27.1. The van der Waals surface area contributed by atoms with Gasteiger partial charge >= 0.3 is 11.9 Å². The van der Waals surface area contributed by atoms with Crippen molar-refractivity contribution in [1.82, 2.24) is 0 Å². The van der Waals surface area contributed by atoms with Crippen LogP contribution < -0.4 is 0 Å². The summed E-state index contributed by atoms with van der Waals surface area (Å²) < 4.78 is 10.6. The number of carbonyl (C=O) groups excluding carboxylic acids is 4. The highest BCUT2D eigenvalue weighted by Crippen LogP contribution is 2.71. The summed E-state index contributed by atoms with van der Waals surface area (Å²) in [6, 6.07) is 0. The Balaban J connectivity index is 1.74. The van der Waals surface area contributed by atoms with E-state index < -0.39 is 10.8 Å². The van der Waals surface area contributed by atoms with Gasteiger partial charge in [0, 0.05) is 53.6 Å². The second kappa shape index (κ2) is 8.80. The molecule has 0 spiro atoms. The Morgan fingerprint density at radius 1 is 1.00 bits per heavy atom. The van der Waals surface area contributed by atoms with E-state index in [9.17, 15) is 19.2 Å². The van der Waals surface area contributed by atoms with E-state index in [0.717, 1.165) is 36.8 Å². The van der Waals surface area contributed by atoms with Crippen molar-refractivity contribution < 1.29 is 28.7 Å². The lowest BCUT2D eigenvalue weighted by Crippen LogP contribution is -2.59. The maximum atomic E-state index is 14.1. The quantitative estimate of drug-likeness (QED) is 0.456. The molecule has 4 rings (SSSR count). The number of carbonyl (C=O) groups is 4. The standard InChI is InChI=1S/C30H44O6/c1-17(9-10-24(34)35-8)19-11-14-29(6)26-20(32)15-22-27(3,4)23(36-18(2)31)12-13-28(22,5)25(26)21(33)16-30(19,29)7/h17,19,22-23H,9-16H2,1-8H3/t17-,19-,22+,23-,28+,29+,30+/m0/s1. The van der Waals surface area contributed by atoms with Crippen LogP contribution >= 0.6 is 0 Å². The van der Waals surface area contributed by atoms with Gasteiger partial charge in [-0.25, -0.2) is 0 Å². The molecule has 0 N–H and O–H groups in total. The summed E-state index contributed by atoms with van der Waals surface area (Å²) in [5.74, 6) is 0.195. The van der Waals surface area contributed by atoms with Gasteiger partial charge in [0.2, 0.25) is 0 Å². The first-order chi connectivity index (χ1) is 16.6. The van der Waals surface area contributed by atoms with Crippen LogP contribution in [0.4, 0.5) is 0 Å². The number of rotatable bonds is 5. The van der Waals surface area contributed by atoms with Crippen LogP contribution in [0.1, 0.15) is 99.8 Å². The number of methoxy groups -OCH3 is 1. The van der Waals surface area contributed by atoms with Gasteiger partial charge in [-0.2, -0.15) is 0 Å².